The summed E-state index contributed by atoms with van der Waals surface area (Å²) in [6.45, 7) is 7.47. The first kappa shape index (κ1) is 19.5. The number of rotatable bonds is 6. The molecule has 3 aromatic carbocycles. The molecule has 0 saturated heterocycles. The fraction of sp³-hybridized carbons (Fsp3) is 0.240. The average molecular weight is 405 g/mol. The summed E-state index contributed by atoms with van der Waals surface area (Å²) < 4.78 is 8.34. The minimum atomic E-state index is 0.571. The Morgan fingerprint density at radius 2 is 1.59 bits per heavy atom. The molecule has 0 atom stereocenters. The second-order valence-corrected chi connectivity index (χ2v) is 7.87. The number of hydrogen-bond acceptors (Lipinski definition) is 2. The predicted molar refractivity (Wildman–Crippen MR) is 120 cm³/mol. The molecular formula is C25H25ClN2O. The lowest BCUT2D eigenvalue weighted by molar-refractivity contribution is 0.298. The summed E-state index contributed by atoms with van der Waals surface area (Å²) in [5.74, 6) is 1.92. The van der Waals surface area contributed by atoms with Crippen molar-refractivity contribution in [3.05, 3.63) is 93.8 Å². The summed E-state index contributed by atoms with van der Waals surface area (Å²) >= 11 is 6.27. The molecule has 0 aliphatic carbocycles. The Morgan fingerprint density at radius 1 is 0.897 bits per heavy atom. The monoisotopic (exact) mass is 404 g/mol. The number of ether oxygens (including phenoxy) is 1. The van der Waals surface area contributed by atoms with Gasteiger partial charge in [0.25, 0.3) is 0 Å². The zero-order valence-electron chi connectivity index (χ0n) is 17.1. The van der Waals surface area contributed by atoms with Crippen LogP contribution in [0.4, 0.5) is 0 Å². The van der Waals surface area contributed by atoms with Crippen molar-refractivity contribution in [3.8, 4) is 5.75 Å². The van der Waals surface area contributed by atoms with E-state index in [-0.39, 0.29) is 0 Å². The van der Waals surface area contributed by atoms with E-state index < -0.39 is 0 Å². The normalized spacial score (nSPS) is 11.2. The maximum atomic E-state index is 6.27. The maximum Gasteiger partial charge on any atom is 0.120 e. The molecule has 1 heterocycles. The van der Waals surface area contributed by atoms with Gasteiger partial charge < -0.3 is 9.30 Å². The summed E-state index contributed by atoms with van der Waals surface area (Å²) in [5.41, 5.74) is 6.82. The molecule has 1 aromatic heterocycles. The number of aryl methyl sites for hydroxylation is 3. The highest BCUT2D eigenvalue weighted by molar-refractivity contribution is 6.32. The topological polar surface area (TPSA) is 27.1 Å². The van der Waals surface area contributed by atoms with Crippen LogP contribution in [0.15, 0.2) is 60.7 Å². The summed E-state index contributed by atoms with van der Waals surface area (Å²) in [4.78, 5) is 4.90. The number of halogens is 1. The molecule has 0 aliphatic heterocycles. The second kappa shape index (κ2) is 8.30. The van der Waals surface area contributed by atoms with E-state index in [0.29, 0.717) is 6.61 Å². The molecule has 0 saturated carbocycles. The minimum Gasteiger partial charge on any atom is -0.492 e. The first-order valence-electron chi connectivity index (χ1n) is 9.91. The molecule has 0 bridgehead atoms. The molecule has 4 aromatic rings. The summed E-state index contributed by atoms with van der Waals surface area (Å²) in [6.07, 6.45) is 0.806. The number of fused-ring (bicyclic) bond motifs is 1. The van der Waals surface area contributed by atoms with E-state index in [0.717, 1.165) is 51.7 Å². The predicted octanol–water partition coefficient (Wildman–Crippen LogP) is 6.28. The zero-order valence-corrected chi connectivity index (χ0v) is 17.8. The standard InChI is InChI=1S/C25H25ClN2O/c1-17-8-4-5-9-20(17)16-24-27-22-10-6-7-11-23(22)28(24)12-13-29-21-14-18(2)25(26)19(3)15-21/h4-11,14-15H,12-13,16H2,1-3H3. The van der Waals surface area contributed by atoms with Gasteiger partial charge in [-0.1, -0.05) is 48.0 Å². The van der Waals surface area contributed by atoms with Crippen LogP contribution in [-0.2, 0) is 13.0 Å². The van der Waals surface area contributed by atoms with Crippen molar-refractivity contribution in [2.75, 3.05) is 6.61 Å². The number of nitrogens with zero attached hydrogens (tertiary/aromatic N) is 2. The number of para-hydroxylation sites is 2. The van der Waals surface area contributed by atoms with Crippen LogP contribution in [0.2, 0.25) is 5.02 Å². The SMILES string of the molecule is Cc1ccccc1Cc1nc2ccccc2n1CCOc1cc(C)c(Cl)c(C)c1. The van der Waals surface area contributed by atoms with Crippen molar-refractivity contribution in [2.45, 2.75) is 33.7 Å². The molecule has 0 radical (unpaired) electrons. The minimum absolute atomic E-state index is 0.571. The van der Waals surface area contributed by atoms with Gasteiger partial charge in [-0.25, -0.2) is 4.98 Å². The number of hydrogen-bond donors (Lipinski definition) is 0. The number of aromatic nitrogens is 2. The van der Waals surface area contributed by atoms with E-state index in [4.69, 9.17) is 21.3 Å². The molecule has 0 spiro atoms. The fourth-order valence-electron chi connectivity index (χ4n) is 3.73. The molecule has 29 heavy (non-hydrogen) atoms. The molecular weight excluding hydrogens is 380 g/mol. The van der Waals surface area contributed by atoms with Crippen molar-refractivity contribution in [3.63, 3.8) is 0 Å². The molecule has 0 aliphatic rings. The molecule has 0 fully saturated rings. The summed E-state index contributed by atoms with van der Waals surface area (Å²) in [7, 11) is 0. The first-order valence-corrected chi connectivity index (χ1v) is 10.3. The van der Waals surface area contributed by atoms with Crippen molar-refractivity contribution in [2.24, 2.45) is 0 Å². The highest BCUT2D eigenvalue weighted by Crippen LogP contribution is 2.26. The number of benzene rings is 3. The van der Waals surface area contributed by atoms with E-state index in [1.165, 1.54) is 11.1 Å². The van der Waals surface area contributed by atoms with Gasteiger partial charge in [0.05, 0.1) is 17.6 Å². The van der Waals surface area contributed by atoms with Gasteiger partial charge >= 0.3 is 0 Å². The molecule has 0 unspecified atom stereocenters. The third-order valence-electron chi connectivity index (χ3n) is 5.34. The molecule has 4 rings (SSSR count). The van der Waals surface area contributed by atoms with Crippen LogP contribution in [0.25, 0.3) is 11.0 Å². The van der Waals surface area contributed by atoms with Gasteiger partial charge in [0, 0.05) is 11.4 Å². The van der Waals surface area contributed by atoms with Gasteiger partial charge in [-0.15, -0.1) is 0 Å². The zero-order chi connectivity index (χ0) is 20.4. The van der Waals surface area contributed by atoms with Crippen molar-refractivity contribution in [1.82, 2.24) is 9.55 Å². The Morgan fingerprint density at radius 3 is 2.34 bits per heavy atom. The lowest BCUT2D eigenvalue weighted by atomic mass is 10.1. The molecule has 0 N–H and O–H groups in total. The average Bonchev–Trinajstić information content (AvgIpc) is 3.05. The number of imidazole rings is 1. The smallest absolute Gasteiger partial charge is 0.120 e. The van der Waals surface area contributed by atoms with E-state index in [2.05, 4.69) is 54.0 Å². The van der Waals surface area contributed by atoms with Gasteiger partial charge in [0.1, 0.15) is 18.2 Å². The van der Waals surface area contributed by atoms with Gasteiger partial charge in [-0.05, 0) is 67.3 Å². The van der Waals surface area contributed by atoms with Crippen molar-refractivity contribution < 1.29 is 4.74 Å². The molecule has 4 heteroatoms. The largest absolute Gasteiger partial charge is 0.492 e. The maximum absolute atomic E-state index is 6.27. The third-order valence-corrected chi connectivity index (χ3v) is 5.93. The Kier molecular flexibility index (Phi) is 5.59. The van der Waals surface area contributed by atoms with Gasteiger partial charge in [0.15, 0.2) is 0 Å². The van der Waals surface area contributed by atoms with Crippen molar-refractivity contribution >= 4 is 22.6 Å². The first-order chi connectivity index (χ1) is 14.0. The Hall–Kier alpha value is -2.78. The molecule has 148 valence electrons. The quantitative estimate of drug-likeness (QED) is 0.378. The summed E-state index contributed by atoms with van der Waals surface area (Å²) in [6, 6.07) is 20.8. The Bertz CT molecular complexity index is 1140. The molecule has 3 nitrogen and oxygen atoms in total. The molecule has 0 amide bonds. The fourth-order valence-corrected chi connectivity index (χ4v) is 3.84. The van der Waals surface area contributed by atoms with E-state index in [1.807, 2.05) is 32.0 Å². The third kappa shape index (κ3) is 4.15. The van der Waals surface area contributed by atoms with Crippen molar-refractivity contribution in [1.29, 1.82) is 0 Å². The lowest BCUT2D eigenvalue weighted by Crippen LogP contribution is -2.12. The van der Waals surface area contributed by atoms with Crippen LogP contribution in [0.3, 0.4) is 0 Å². The van der Waals surface area contributed by atoms with E-state index >= 15 is 0 Å². The Labute approximate surface area is 176 Å². The van der Waals surface area contributed by atoms with Crippen LogP contribution >= 0.6 is 11.6 Å². The van der Waals surface area contributed by atoms with Gasteiger partial charge in [-0.3, -0.25) is 0 Å². The van der Waals surface area contributed by atoms with Crippen LogP contribution in [0, 0.1) is 20.8 Å². The van der Waals surface area contributed by atoms with Crippen LogP contribution < -0.4 is 4.74 Å². The van der Waals surface area contributed by atoms with Gasteiger partial charge in [0.2, 0.25) is 0 Å². The van der Waals surface area contributed by atoms with E-state index in [9.17, 15) is 0 Å². The Balaban J connectivity index is 1.58. The highest BCUT2D eigenvalue weighted by atomic mass is 35.5. The second-order valence-electron chi connectivity index (χ2n) is 7.49. The highest BCUT2D eigenvalue weighted by Gasteiger charge is 2.12. The van der Waals surface area contributed by atoms with Crippen LogP contribution in [-0.4, -0.2) is 16.2 Å². The van der Waals surface area contributed by atoms with Crippen LogP contribution in [0.1, 0.15) is 28.1 Å². The summed E-state index contributed by atoms with van der Waals surface area (Å²) in [5, 5.41) is 0.804. The van der Waals surface area contributed by atoms with Gasteiger partial charge in [-0.2, -0.15) is 0 Å². The lowest BCUT2D eigenvalue weighted by Gasteiger charge is -2.13. The van der Waals surface area contributed by atoms with E-state index in [1.54, 1.807) is 0 Å². The van der Waals surface area contributed by atoms with Crippen LogP contribution in [0.5, 0.6) is 5.75 Å².